The van der Waals surface area contributed by atoms with Crippen LogP contribution >= 0.6 is 11.6 Å². The van der Waals surface area contributed by atoms with Crippen molar-refractivity contribution in [1.29, 1.82) is 0 Å². The summed E-state index contributed by atoms with van der Waals surface area (Å²) in [5.74, 6) is 0.859. The van der Waals surface area contributed by atoms with E-state index in [1.54, 1.807) is 7.11 Å². The van der Waals surface area contributed by atoms with Crippen LogP contribution in [0.15, 0.2) is 47.5 Å². The summed E-state index contributed by atoms with van der Waals surface area (Å²) in [5.41, 5.74) is 4.41. The zero-order valence-corrected chi connectivity index (χ0v) is 10.7. The van der Waals surface area contributed by atoms with Crippen LogP contribution in [-0.4, -0.2) is 12.8 Å². The third kappa shape index (κ3) is 2.00. The van der Waals surface area contributed by atoms with Gasteiger partial charge >= 0.3 is 0 Å². The van der Waals surface area contributed by atoms with Crippen molar-refractivity contribution in [2.75, 3.05) is 7.11 Å². The molecule has 0 radical (unpaired) electrons. The van der Waals surface area contributed by atoms with Gasteiger partial charge in [-0.15, -0.1) is 0 Å². The highest BCUT2D eigenvalue weighted by Crippen LogP contribution is 2.31. The Balaban J connectivity index is 1.93. The molecule has 0 atom stereocenters. The molecule has 0 saturated carbocycles. The van der Waals surface area contributed by atoms with Crippen molar-refractivity contribution in [3.63, 3.8) is 0 Å². The molecule has 1 aliphatic heterocycles. The third-order valence-corrected chi connectivity index (χ3v) is 3.32. The van der Waals surface area contributed by atoms with E-state index < -0.39 is 0 Å². The summed E-state index contributed by atoms with van der Waals surface area (Å²) in [6.45, 7) is 0. The predicted molar refractivity (Wildman–Crippen MR) is 74.3 cm³/mol. The maximum Gasteiger partial charge on any atom is 0.118 e. The summed E-state index contributed by atoms with van der Waals surface area (Å²) >= 11 is 5.97. The van der Waals surface area contributed by atoms with Crippen molar-refractivity contribution in [2.24, 2.45) is 4.99 Å². The molecule has 18 heavy (non-hydrogen) atoms. The first-order valence-electron chi connectivity index (χ1n) is 5.77. The molecule has 0 aromatic heterocycles. The van der Waals surface area contributed by atoms with Gasteiger partial charge in [0, 0.05) is 11.4 Å². The van der Waals surface area contributed by atoms with Crippen LogP contribution in [0.25, 0.3) is 0 Å². The first-order chi connectivity index (χ1) is 8.76. The lowest BCUT2D eigenvalue weighted by Gasteiger charge is -2.02. The van der Waals surface area contributed by atoms with Crippen molar-refractivity contribution in [3.05, 3.63) is 58.6 Å². The van der Waals surface area contributed by atoms with E-state index in [-0.39, 0.29) is 0 Å². The minimum Gasteiger partial charge on any atom is -0.497 e. The fourth-order valence-electron chi connectivity index (χ4n) is 2.11. The van der Waals surface area contributed by atoms with E-state index in [1.807, 2.05) is 42.5 Å². The van der Waals surface area contributed by atoms with Crippen LogP contribution in [0.1, 0.15) is 11.1 Å². The number of nitrogens with zero attached hydrogens (tertiary/aromatic N) is 1. The quantitative estimate of drug-likeness (QED) is 0.796. The molecule has 90 valence electrons. The van der Waals surface area contributed by atoms with E-state index >= 15 is 0 Å². The van der Waals surface area contributed by atoms with Gasteiger partial charge in [0.05, 0.1) is 18.5 Å². The van der Waals surface area contributed by atoms with Crippen LogP contribution in [0.4, 0.5) is 5.69 Å². The second kappa shape index (κ2) is 4.46. The normalized spacial score (nSPS) is 13.1. The highest BCUT2D eigenvalue weighted by Gasteiger charge is 2.16. The second-order valence-corrected chi connectivity index (χ2v) is 4.67. The molecular weight excluding hydrogens is 246 g/mol. The number of methoxy groups -OCH3 is 1. The van der Waals surface area contributed by atoms with Gasteiger partial charge < -0.3 is 4.74 Å². The Kier molecular flexibility index (Phi) is 2.80. The van der Waals surface area contributed by atoms with Gasteiger partial charge in [0.15, 0.2) is 0 Å². The van der Waals surface area contributed by atoms with Gasteiger partial charge in [-0.05, 0) is 47.5 Å². The van der Waals surface area contributed by atoms with Crippen molar-refractivity contribution >= 4 is 23.0 Å². The Hall–Kier alpha value is -1.80. The Bertz CT molecular complexity index is 617. The fourth-order valence-corrected chi connectivity index (χ4v) is 2.27. The number of aliphatic imine (C=N–C) groups is 1. The monoisotopic (exact) mass is 257 g/mol. The number of ether oxygens (including phenoxy) is 1. The minimum atomic E-state index is 0.730. The molecule has 2 aromatic carbocycles. The zero-order valence-electron chi connectivity index (χ0n) is 9.98. The molecule has 0 unspecified atom stereocenters. The summed E-state index contributed by atoms with van der Waals surface area (Å²) < 4.78 is 5.15. The molecular formula is C15H12ClNO. The maximum absolute atomic E-state index is 5.97. The first kappa shape index (κ1) is 11.3. The highest BCUT2D eigenvalue weighted by molar-refractivity contribution is 6.31. The molecule has 0 fully saturated rings. The van der Waals surface area contributed by atoms with E-state index in [2.05, 4.69) is 4.99 Å². The van der Waals surface area contributed by atoms with E-state index in [0.717, 1.165) is 34.2 Å². The molecule has 0 amide bonds. The lowest BCUT2D eigenvalue weighted by atomic mass is 10.0. The van der Waals surface area contributed by atoms with Gasteiger partial charge in [0.1, 0.15) is 5.75 Å². The standard InChI is InChI=1S/C15H12ClNO/c1-18-13-6-3-10(4-7-13)14-8-11-2-5-12(16)9-15(11)17-14/h2-7,9H,8H2,1H3. The molecule has 0 aliphatic carbocycles. The van der Waals surface area contributed by atoms with E-state index in [1.165, 1.54) is 5.56 Å². The number of hydrogen-bond acceptors (Lipinski definition) is 2. The number of fused-ring (bicyclic) bond motifs is 1. The smallest absolute Gasteiger partial charge is 0.118 e. The lowest BCUT2D eigenvalue weighted by molar-refractivity contribution is 0.415. The zero-order chi connectivity index (χ0) is 12.5. The number of benzene rings is 2. The highest BCUT2D eigenvalue weighted by atomic mass is 35.5. The van der Waals surface area contributed by atoms with Crippen molar-refractivity contribution in [3.8, 4) is 5.75 Å². The average molecular weight is 258 g/mol. The van der Waals surface area contributed by atoms with Crippen LogP contribution in [0.2, 0.25) is 5.02 Å². The SMILES string of the molecule is COc1ccc(C2=Nc3cc(Cl)ccc3C2)cc1. The average Bonchev–Trinajstić information content (AvgIpc) is 2.81. The number of rotatable bonds is 2. The molecule has 0 spiro atoms. The minimum absolute atomic E-state index is 0.730. The molecule has 2 aromatic rings. The summed E-state index contributed by atoms with van der Waals surface area (Å²) in [7, 11) is 1.67. The second-order valence-electron chi connectivity index (χ2n) is 4.24. The molecule has 1 heterocycles. The molecule has 3 rings (SSSR count). The molecule has 3 heteroatoms. The van der Waals surface area contributed by atoms with Crippen LogP contribution in [0, 0.1) is 0 Å². The third-order valence-electron chi connectivity index (χ3n) is 3.08. The maximum atomic E-state index is 5.97. The van der Waals surface area contributed by atoms with Crippen molar-refractivity contribution < 1.29 is 4.74 Å². The van der Waals surface area contributed by atoms with Gasteiger partial charge in [0.25, 0.3) is 0 Å². The van der Waals surface area contributed by atoms with Gasteiger partial charge in [-0.2, -0.15) is 0 Å². The summed E-state index contributed by atoms with van der Waals surface area (Å²) in [6.07, 6.45) is 0.860. The Labute approximate surface area is 111 Å². The van der Waals surface area contributed by atoms with Gasteiger partial charge in [0.2, 0.25) is 0 Å². The molecule has 0 bridgehead atoms. The summed E-state index contributed by atoms with van der Waals surface area (Å²) in [6, 6.07) is 13.8. The van der Waals surface area contributed by atoms with E-state index in [9.17, 15) is 0 Å². The summed E-state index contributed by atoms with van der Waals surface area (Å²) in [5, 5.41) is 0.730. The largest absolute Gasteiger partial charge is 0.497 e. The van der Waals surface area contributed by atoms with E-state index in [0.29, 0.717) is 0 Å². The van der Waals surface area contributed by atoms with Crippen molar-refractivity contribution in [2.45, 2.75) is 6.42 Å². The number of hydrogen-bond donors (Lipinski definition) is 0. The van der Waals surface area contributed by atoms with Crippen LogP contribution in [0.3, 0.4) is 0 Å². The van der Waals surface area contributed by atoms with Gasteiger partial charge in [-0.1, -0.05) is 17.7 Å². The Morgan fingerprint density at radius 1 is 1.11 bits per heavy atom. The molecule has 2 nitrogen and oxygen atoms in total. The molecule has 0 N–H and O–H groups in total. The lowest BCUT2D eigenvalue weighted by Crippen LogP contribution is -1.99. The molecule has 0 saturated heterocycles. The molecule has 1 aliphatic rings. The topological polar surface area (TPSA) is 21.6 Å². The van der Waals surface area contributed by atoms with Crippen molar-refractivity contribution in [1.82, 2.24) is 0 Å². The van der Waals surface area contributed by atoms with E-state index in [4.69, 9.17) is 16.3 Å². The van der Waals surface area contributed by atoms with Crippen LogP contribution in [0.5, 0.6) is 5.75 Å². The first-order valence-corrected chi connectivity index (χ1v) is 6.14. The van der Waals surface area contributed by atoms with Gasteiger partial charge in [-0.25, -0.2) is 0 Å². The van der Waals surface area contributed by atoms with Crippen LogP contribution < -0.4 is 4.74 Å². The predicted octanol–water partition coefficient (Wildman–Crippen LogP) is 4.03. The Morgan fingerprint density at radius 2 is 1.89 bits per heavy atom. The number of halogens is 1. The fraction of sp³-hybridized carbons (Fsp3) is 0.133. The summed E-state index contributed by atoms with van der Waals surface area (Å²) in [4.78, 5) is 4.63. The van der Waals surface area contributed by atoms with Gasteiger partial charge in [-0.3, -0.25) is 4.99 Å². The van der Waals surface area contributed by atoms with Crippen LogP contribution in [-0.2, 0) is 6.42 Å². The Morgan fingerprint density at radius 3 is 2.61 bits per heavy atom.